The molecule has 0 spiro atoms. The lowest BCUT2D eigenvalue weighted by Crippen LogP contribution is -2.44. The van der Waals surface area contributed by atoms with Crippen LogP contribution in [0.5, 0.6) is 5.75 Å². The maximum absolute atomic E-state index is 11.1. The SMILES string of the molecule is CCN1CCOC(COc2c(N)cccc2C(=O)O)C1. The number of carboxylic acids is 1. The van der Waals surface area contributed by atoms with Crippen molar-refractivity contribution in [1.29, 1.82) is 0 Å². The van der Waals surface area contributed by atoms with Crippen molar-refractivity contribution >= 4 is 11.7 Å². The van der Waals surface area contributed by atoms with E-state index >= 15 is 0 Å². The molecule has 0 aromatic heterocycles. The molecule has 0 aliphatic carbocycles. The monoisotopic (exact) mass is 280 g/mol. The summed E-state index contributed by atoms with van der Waals surface area (Å²) in [6, 6.07) is 4.71. The second kappa shape index (κ2) is 6.58. The summed E-state index contributed by atoms with van der Waals surface area (Å²) in [6.07, 6.45) is -0.0649. The third-order valence-corrected chi connectivity index (χ3v) is 3.36. The van der Waals surface area contributed by atoms with Crippen molar-refractivity contribution < 1.29 is 19.4 Å². The van der Waals surface area contributed by atoms with Crippen LogP contribution < -0.4 is 10.5 Å². The fourth-order valence-corrected chi connectivity index (χ4v) is 2.23. The maximum Gasteiger partial charge on any atom is 0.339 e. The van der Waals surface area contributed by atoms with Gasteiger partial charge in [0.05, 0.1) is 12.3 Å². The number of para-hydroxylation sites is 1. The Hall–Kier alpha value is -1.79. The lowest BCUT2D eigenvalue weighted by molar-refractivity contribution is -0.0464. The van der Waals surface area contributed by atoms with E-state index in [0.29, 0.717) is 18.9 Å². The van der Waals surface area contributed by atoms with Crippen molar-refractivity contribution in [2.24, 2.45) is 0 Å². The smallest absolute Gasteiger partial charge is 0.339 e. The molecule has 0 radical (unpaired) electrons. The molecule has 0 saturated carbocycles. The summed E-state index contributed by atoms with van der Waals surface area (Å²) in [6.45, 7) is 5.73. The molecule has 1 atom stereocenters. The summed E-state index contributed by atoms with van der Waals surface area (Å²) in [5.74, 6) is -0.829. The third kappa shape index (κ3) is 3.40. The summed E-state index contributed by atoms with van der Waals surface area (Å²) in [5.41, 5.74) is 6.19. The molecular formula is C14H20N2O4. The van der Waals surface area contributed by atoms with E-state index in [-0.39, 0.29) is 17.4 Å². The van der Waals surface area contributed by atoms with E-state index in [9.17, 15) is 4.79 Å². The number of morpholine rings is 1. The van der Waals surface area contributed by atoms with Crippen molar-refractivity contribution in [1.82, 2.24) is 4.90 Å². The van der Waals surface area contributed by atoms with Gasteiger partial charge in [-0.3, -0.25) is 4.90 Å². The topological polar surface area (TPSA) is 85.0 Å². The van der Waals surface area contributed by atoms with Crippen molar-refractivity contribution in [3.8, 4) is 5.75 Å². The highest BCUT2D eigenvalue weighted by Crippen LogP contribution is 2.26. The lowest BCUT2D eigenvalue weighted by atomic mass is 10.1. The standard InChI is InChI=1S/C14H20N2O4/c1-2-16-6-7-19-10(8-16)9-20-13-11(14(17)18)4-3-5-12(13)15/h3-5,10H,2,6-9,15H2,1H3,(H,17,18). The molecule has 1 aliphatic rings. The Bertz CT molecular complexity index is 478. The minimum atomic E-state index is -1.05. The molecule has 1 fully saturated rings. The van der Waals surface area contributed by atoms with Gasteiger partial charge >= 0.3 is 5.97 Å². The van der Waals surface area contributed by atoms with Gasteiger partial charge in [0.15, 0.2) is 5.75 Å². The molecule has 1 saturated heterocycles. The van der Waals surface area contributed by atoms with E-state index in [1.807, 2.05) is 0 Å². The van der Waals surface area contributed by atoms with Crippen LogP contribution in [0.1, 0.15) is 17.3 Å². The van der Waals surface area contributed by atoms with E-state index in [1.54, 1.807) is 12.1 Å². The summed E-state index contributed by atoms with van der Waals surface area (Å²) in [7, 11) is 0. The number of nitrogens with zero attached hydrogens (tertiary/aromatic N) is 1. The first kappa shape index (κ1) is 14.6. The van der Waals surface area contributed by atoms with Gasteiger partial charge in [-0.15, -0.1) is 0 Å². The molecule has 0 amide bonds. The predicted molar refractivity (Wildman–Crippen MR) is 75.2 cm³/mol. The largest absolute Gasteiger partial charge is 0.488 e. The van der Waals surface area contributed by atoms with E-state index in [0.717, 1.165) is 19.6 Å². The number of carboxylic acid groups (broad SMARTS) is 1. The highest BCUT2D eigenvalue weighted by molar-refractivity contribution is 5.93. The Morgan fingerprint density at radius 2 is 2.40 bits per heavy atom. The van der Waals surface area contributed by atoms with Crippen LogP contribution in [-0.2, 0) is 4.74 Å². The molecule has 20 heavy (non-hydrogen) atoms. The van der Waals surface area contributed by atoms with Crippen molar-refractivity contribution in [3.63, 3.8) is 0 Å². The fourth-order valence-electron chi connectivity index (χ4n) is 2.23. The maximum atomic E-state index is 11.1. The number of anilines is 1. The Morgan fingerprint density at radius 1 is 1.60 bits per heavy atom. The molecule has 1 aliphatic heterocycles. The first-order valence-corrected chi connectivity index (χ1v) is 6.70. The minimum Gasteiger partial charge on any atom is -0.488 e. The molecule has 0 bridgehead atoms. The number of rotatable bonds is 5. The molecule has 2 rings (SSSR count). The minimum absolute atomic E-state index is 0.0649. The summed E-state index contributed by atoms with van der Waals surface area (Å²) >= 11 is 0. The van der Waals surface area contributed by atoms with Gasteiger partial charge in [0, 0.05) is 13.1 Å². The number of nitrogen functional groups attached to an aromatic ring is 1. The van der Waals surface area contributed by atoms with Crippen LogP contribution in [0.15, 0.2) is 18.2 Å². The molecule has 6 heteroatoms. The number of likely N-dealkylation sites (N-methyl/N-ethyl adjacent to an activating group) is 1. The summed E-state index contributed by atoms with van der Waals surface area (Å²) in [5, 5.41) is 9.13. The zero-order valence-corrected chi connectivity index (χ0v) is 11.5. The Kier molecular flexibility index (Phi) is 4.81. The zero-order chi connectivity index (χ0) is 14.5. The number of hydrogen-bond donors (Lipinski definition) is 2. The van der Waals surface area contributed by atoms with Crippen LogP contribution in [0.25, 0.3) is 0 Å². The van der Waals surface area contributed by atoms with Gasteiger partial charge in [0.25, 0.3) is 0 Å². The molecule has 1 aromatic rings. The van der Waals surface area contributed by atoms with E-state index in [2.05, 4.69) is 11.8 Å². The van der Waals surface area contributed by atoms with Crippen molar-refractivity contribution in [3.05, 3.63) is 23.8 Å². The number of aromatic carboxylic acids is 1. The first-order chi connectivity index (χ1) is 9.61. The molecule has 1 aromatic carbocycles. The number of benzene rings is 1. The highest BCUT2D eigenvalue weighted by atomic mass is 16.5. The van der Waals surface area contributed by atoms with Crippen LogP contribution in [0.4, 0.5) is 5.69 Å². The molecular weight excluding hydrogens is 260 g/mol. The van der Waals surface area contributed by atoms with Crippen molar-refractivity contribution in [2.45, 2.75) is 13.0 Å². The second-order valence-corrected chi connectivity index (χ2v) is 4.73. The van der Waals surface area contributed by atoms with Crippen LogP contribution >= 0.6 is 0 Å². The van der Waals surface area contributed by atoms with Gasteiger partial charge in [0.2, 0.25) is 0 Å². The van der Waals surface area contributed by atoms with Crippen molar-refractivity contribution in [2.75, 3.05) is 38.6 Å². The Labute approximate surface area is 118 Å². The second-order valence-electron chi connectivity index (χ2n) is 4.73. The quantitative estimate of drug-likeness (QED) is 0.785. The first-order valence-electron chi connectivity index (χ1n) is 6.70. The van der Waals surface area contributed by atoms with Gasteiger partial charge in [-0.25, -0.2) is 4.79 Å². The number of hydrogen-bond acceptors (Lipinski definition) is 5. The fraction of sp³-hybridized carbons (Fsp3) is 0.500. The van der Waals surface area contributed by atoms with Gasteiger partial charge in [-0.2, -0.15) is 0 Å². The van der Waals surface area contributed by atoms with Crippen LogP contribution in [0.2, 0.25) is 0 Å². The number of nitrogens with two attached hydrogens (primary N) is 1. The average molecular weight is 280 g/mol. The van der Waals surface area contributed by atoms with E-state index in [4.69, 9.17) is 20.3 Å². The van der Waals surface area contributed by atoms with Gasteiger partial charge < -0.3 is 20.3 Å². The normalized spacial score (nSPS) is 19.8. The Morgan fingerprint density at radius 3 is 3.10 bits per heavy atom. The van der Waals surface area contributed by atoms with E-state index < -0.39 is 5.97 Å². The zero-order valence-electron chi connectivity index (χ0n) is 11.5. The summed E-state index contributed by atoms with van der Waals surface area (Å²) in [4.78, 5) is 13.4. The number of ether oxygens (including phenoxy) is 2. The lowest BCUT2D eigenvalue weighted by Gasteiger charge is -2.32. The molecule has 1 heterocycles. The van der Waals surface area contributed by atoms with E-state index in [1.165, 1.54) is 6.07 Å². The highest BCUT2D eigenvalue weighted by Gasteiger charge is 2.21. The van der Waals surface area contributed by atoms with Gasteiger partial charge in [-0.05, 0) is 18.7 Å². The van der Waals surface area contributed by atoms with Crippen LogP contribution in [0, 0.1) is 0 Å². The van der Waals surface area contributed by atoms with Crippen LogP contribution in [-0.4, -0.2) is 54.9 Å². The molecule has 1 unspecified atom stereocenters. The third-order valence-electron chi connectivity index (χ3n) is 3.36. The molecule has 3 N–H and O–H groups in total. The number of carbonyl (C=O) groups is 1. The van der Waals surface area contributed by atoms with Gasteiger partial charge in [0.1, 0.15) is 18.3 Å². The Balaban J connectivity index is 2.02. The average Bonchev–Trinajstić information content (AvgIpc) is 2.45. The summed E-state index contributed by atoms with van der Waals surface area (Å²) < 4.78 is 11.2. The predicted octanol–water partition coefficient (Wildman–Crippen LogP) is 1.07. The van der Waals surface area contributed by atoms with Gasteiger partial charge in [-0.1, -0.05) is 13.0 Å². The van der Waals surface area contributed by atoms with Crippen LogP contribution in [0.3, 0.4) is 0 Å². The molecule has 6 nitrogen and oxygen atoms in total. The molecule has 110 valence electrons.